The van der Waals surface area contributed by atoms with Gasteiger partial charge in [0.25, 0.3) is 5.91 Å². The van der Waals surface area contributed by atoms with Crippen LogP contribution < -0.4 is 10.1 Å². The van der Waals surface area contributed by atoms with E-state index in [1.807, 2.05) is 26.0 Å². The molecule has 7 heteroatoms. The second kappa shape index (κ2) is 12.1. The van der Waals surface area contributed by atoms with E-state index in [9.17, 15) is 9.59 Å². The topological polar surface area (TPSA) is 90.4 Å². The summed E-state index contributed by atoms with van der Waals surface area (Å²) in [6.45, 7) is 4.16. The Labute approximate surface area is 198 Å². The van der Waals surface area contributed by atoms with Crippen LogP contribution >= 0.6 is 0 Å². The number of carbonyl (C=O) groups is 2. The van der Waals surface area contributed by atoms with Crippen molar-refractivity contribution < 1.29 is 19.1 Å². The number of pyridine rings is 2. The zero-order chi connectivity index (χ0) is 24.3. The highest BCUT2D eigenvalue weighted by Crippen LogP contribution is 2.30. The molecule has 0 radical (unpaired) electrons. The van der Waals surface area contributed by atoms with Crippen LogP contribution in [0.1, 0.15) is 30.6 Å². The van der Waals surface area contributed by atoms with E-state index >= 15 is 0 Å². The van der Waals surface area contributed by atoms with Gasteiger partial charge in [-0.1, -0.05) is 30.6 Å². The minimum atomic E-state index is -0.445. The molecule has 0 saturated carbocycles. The van der Waals surface area contributed by atoms with Crippen LogP contribution in [-0.4, -0.2) is 35.4 Å². The molecule has 0 atom stereocenters. The van der Waals surface area contributed by atoms with E-state index in [0.717, 1.165) is 12.0 Å². The number of anilines is 1. The van der Waals surface area contributed by atoms with Gasteiger partial charge in [-0.3, -0.25) is 14.6 Å². The van der Waals surface area contributed by atoms with Crippen molar-refractivity contribution in [3.05, 3.63) is 78.2 Å². The Morgan fingerprint density at radius 1 is 1.12 bits per heavy atom. The Balaban J connectivity index is 1.77. The first-order valence-electron chi connectivity index (χ1n) is 10.7. The van der Waals surface area contributed by atoms with E-state index in [-0.39, 0.29) is 12.4 Å². The second-order valence-corrected chi connectivity index (χ2v) is 7.13. The Morgan fingerprint density at radius 2 is 1.97 bits per heavy atom. The molecule has 1 aromatic carbocycles. The number of benzene rings is 1. The summed E-state index contributed by atoms with van der Waals surface area (Å²) in [6.07, 6.45) is 9.30. The highest BCUT2D eigenvalue weighted by molar-refractivity contribution is 6.05. The van der Waals surface area contributed by atoms with E-state index in [4.69, 9.17) is 9.47 Å². The maximum Gasteiger partial charge on any atom is 0.300 e. The molecule has 1 N–H and O–H groups in total. The number of ether oxygens (including phenoxy) is 2. The summed E-state index contributed by atoms with van der Waals surface area (Å²) in [5.74, 6) is 5.33. The van der Waals surface area contributed by atoms with Crippen LogP contribution in [0, 0.1) is 11.8 Å². The maximum absolute atomic E-state index is 12.4. The Kier molecular flexibility index (Phi) is 8.67. The van der Waals surface area contributed by atoms with Crippen molar-refractivity contribution >= 4 is 28.3 Å². The first-order chi connectivity index (χ1) is 16.5. The van der Waals surface area contributed by atoms with E-state index in [2.05, 4.69) is 27.1 Å². The fraction of sp³-hybridized carbons (Fsp3) is 0.185. The molecule has 0 spiro atoms. The largest absolute Gasteiger partial charge is 0.438 e. The molecule has 34 heavy (non-hydrogen) atoms. The van der Waals surface area contributed by atoms with Gasteiger partial charge < -0.3 is 14.8 Å². The highest BCUT2D eigenvalue weighted by atomic mass is 16.5. The van der Waals surface area contributed by atoms with Crippen LogP contribution in [0.15, 0.2) is 72.6 Å². The van der Waals surface area contributed by atoms with Gasteiger partial charge in [0.1, 0.15) is 12.4 Å². The average Bonchev–Trinajstić information content (AvgIpc) is 2.85. The van der Waals surface area contributed by atoms with Gasteiger partial charge in [0.2, 0.25) is 5.88 Å². The zero-order valence-corrected chi connectivity index (χ0v) is 19.3. The molecule has 2 aromatic heterocycles. The summed E-state index contributed by atoms with van der Waals surface area (Å²) < 4.78 is 10.8. The van der Waals surface area contributed by atoms with Crippen molar-refractivity contribution in [3.63, 3.8) is 0 Å². The number of hydrogen-bond acceptors (Lipinski definition) is 6. The van der Waals surface area contributed by atoms with E-state index in [1.165, 1.54) is 13.3 Å². The van der Waals surface area contributed by atoms with E-state index < -0.39 is 5.91 Å². The predicted octanol–water partition coefficient (Wildman–Crippen LogP) is 5.11. The van der Waals surface area contributed by atoms with Gasteiger partial charge in [-0.2, -0.15) is 0 Å². The number of nitrogens with one attached hydrogen (secondary N) is 1. The molecule has 3 aromatic rings. The number of rotatable bonds is 8. The Morgan fingerprint density at radius 3 is 2.68 bits per heavy atom. The molecule has 0 aliphatic heterocycles. The van der Waals surface area contributed by atoms with Crippen molar-refractivity contribution in [1.29, 1.82) is 0 Å². The molecule has 0 fully saturated rings. The fourth-order valence-corrected chi connectivity index (χ4v) is 3.03. The summed E-state index contributed by atoms with van der Waals surface area (Å²) in [7, 11) is 1.51. The molecule has 1 amide bonds. The monoisotopic (exact) mass is 455 g/mol. The number of fused-ring (bicyclic) bond motifs is 1. The van der Waals surface area contributed by atoms with Gasteiger partial charge in [-0.25, -0.2) is 4.98 Å². The average molecular weight is 456 g/mol. The van der Waals surface area contributed by atoms with Crippen LogP contribution in [0.4, 0.5) is 5.69 Å². The van der Waals surface area contributed by atoms with Gasteiger partial charge in [-0.15, -0.1) is 0 Å². The number of carbonyl (C=O) groups excluding carboxylic acids is 2. The molecule has 7 nitrogen and oxygen atoms in total. The first-order valence-corrected chi connectivity index (χ1v) is 10.7. The summed E-state index contributed by atoms with van der Waals surface area (Å²) in [6, 6.07) is 10.3. The van der Waals surface area contributed by atoms with Crippen molar-refractivity contribution in [2.45, 2.75) is 20.3 Å². The van der Waals surface area contributed by atoms with Gasteiger partial charge in [0, 0.05) is 42.2 Å². The van der Waals surface area contributed by atoms with Crippen LogP contribution in [0.3, 0.4) is 0 Å². The zero-order valence-electron chi connectivity index (χ0n) is 19.3. The lowest BCUT2D eigenvalue weighted by atomic mass is 10.1. The molecule has 172 valence electrons. The molecule has 0 bridgehead atoms. The van der Waals surface area contributed by atoms with Crippen LogP contribution in [0.5, 0.6) is 11.6 Å². The third-order valence-electron chi connectivity index (χ3n) is 4.84. The first kappa shape index (κ1) is 24.4. The Hall–Kier alpha value is -4.28. The third-order valence-corrected chi connectivity index (χ3v) is 4.84. The number of hydrogen-bond donors (Lipinski definition) is 1. The lowest BCUT2D eigenvalue weighted by Crippen LogP contribution is -2.08. The minimum absolute atomic E-state index is 0.129. The standard InChI is InChI=1S/C27H25N3O4/c1-4-19(5-2)8-12-24(31)20-9-13-27(29-18-20)34-25-14-15-28-23-11-10-21(17-22(23)25)30-26(32)7-6-16-33-3/h4,8-15,17-18H,5,16H2,1-3H3,(H,30,32)/b12-8?,19-4-. The van der Waals surface area contributed by atoms with Crippen LogP contribution in [-0.2, 0) is 9.53 Å². The molecular formula is C27H25N3O4. The number of amides is 1. The van der Waals surface area contributed by atoms with Gasteiger partial charge in [-0.05, 0) is 55.7 Å². The molecule has 2 heterocycles. The number of nitrogens with zero attached hydrogens (tertiary/aromatic N) is 2. The van der Waals surface area contributed by atoms with Crippen molar-refractivity contribution in [1.82, 2.24) is 9.97 Å². The smallest absolute Gasteiger partial charge is 0.300 e. The molecular weight excluding hydrogens is 430 g/mol. The normalized spacial score (nSPS) is 11.2. The fourth-order valence-electron chi connectivity index (χ4n) is 3.03. The lowest BCUT2D eigenvalue weighted by molar-refractivity contribution is -0.111. The van der Waals surface area contributed by atoms with E-state index in [0.29, 0.717) is 33.8 Å². The number of allylic oxidation sites excluding steroid dienone is 4. The number of methoxy groups -OCH3 is 1. The van der Waals surface area contributed by atoms with E-state index in [1.54, 1.807) is 48.7 Å². The third kappa shape index (κ3) is 6.61. The maximum atomic E-state index is 12.4. The van der Waals surface area contributed by atoms with Gasteiger partial charge in [0.05, 0.1) is 5.52 Å². The number of ketones is 1. The summed E-state index contributed by atoms with van der Waals surface area (Å²) >= 11 is 0. The molecule has 0 unspecified atom stereocenters. The molecule has 0 saturated heterocycles. The molecule has 3 rings (SSSR count). The van der Waals surface area contributed by atoms with Crippen LogP contribution in [0.25, 0.3) is 10.9 Å². The predicted molar refractivity (Wildman–Crippen MR) is 132 cm³/mol. The van der Waals surface area contributed by atoms with Gasteiger partial charge >= 0.3 is 0 Å². The summed E-state index contributed by atoms with van der Waals surface area (Å²) in [5, 5.41) is 3.41. The quantitative estimate of drug-likeness (QED) is 0.220. The van der Waals surface area contributed by atoms with Crippen LogP contribution in [0.2, 0.25) is 0 Å². The highest BCUT2D eigenvalue weighted by Gasteiger charge is 2.09. The SMILES string of the molecule is C/C=C(\C=CC(=O)c1ccc(Oc2ccnc3ccc(NC(=O)C#CCOC)cc23)nc1)CC. The lowest BCUT2D eigenvalue weighted by Gasteiger charge is -2.09. The second-order valence-electron chi connectivity index (χ2n) is 7.13. The van der Waals surface area contributed by atoms with Crippen molar-refractivity contribution in [2.24, 2.45) is 0 Å². The Bertz CT molecular complexity index is 1300. The molecule has 0 aliphatic rings. The van der Waals surface area contributed by atoms with Gasteiger partial charge in [0.15, 0.2) is 5.78 Å². The molecule has 0 aliphatic carbocycles. The number of aromatic nitrogens is 2. The summed E-state index contributed by atoms with van der Waals surface area (Å²) in [5.41, 5.74) is 2.79. The van der Waals surface area contributed by atoms with Crippen molar-refractivity contribution in [2.75, 3.05) is 19.0 Å². The van der Waals surface area contributed by atoms with Crippen molar-refractivity contribution in [3.8, 4) is 23.5 Å². The minimum Gasteiger partial charge on any atom is -0.438 e. The summed E-state index contributed by atoms with van der Waals surface area (Å²) in [4.78, 5) is 33.0.